The molecule has 0 spiro atoms. The summed E-state index contributed by atoms with van der Waals surface area (Å²) in [6, 6.07) is 16.2. The maximum absolute atomic E-state index is 12.9. The average Bonchev–Trinajstić information content (AvgIpc) is 3.02. The van der Waals surface area contributed by atoms with E-state index in [9.17, 15) is 4.79 Å². The van der Waals surface area contributed by atoms with E-state index in [1.54, 1.807) is 0 Å². The Hall–Kier alpha value is -2.53. The Morgan fingerprint density at radius 3 is 2.33 bits per heavy atom. The van der Waals surface area contributed by atoms with Crippen LogP contribution in [0, 0.1) is 0 Å². The van der Waals surface area contributed by atoms with E-state index in [2.05, 4.69) is 10.6 Å². The molecule has 27 heavy (non-hydrogen) atoms. The van der Waals surface area contributed by atoms with E-state index in [1.807, 2.05) is 55.5 Å². The lowest BCUT2D eigenvalue weighted by Gasteiger charge is -2.29. The SMILES string of the molecule is CCOc1ccccc1Oc1ccccc1C(=O)NC1CC2CCC(C1)N2. The zero-order chi connectivity index (χ0) is 18.6. The summed E-state index contributed by atoms with van der Waals surface area (Å²) in [4.78, 5) is 12.9. The zero-order valence-electron chi connectivity index (χ0n) is 15.6. The summed E-state index contributed by atoms with van der Waals surface area (Å²) >= 11 is 0. The summed E-state index contributed by atoms with van der Waals surface area (Å²) in [5, 5.41) is 6.82. The Morgan fingerprint density at radius 2 is 1.63 bits per heavy atom. The van der Waals surface area contributed by atoms with Gasteiger partial charge in [-0.2, -0.15) is 0 Å². The fraction of sp³-hybridized carbons (Fsp3) is 0.409. The summed E-state index contributed by atoms with van der Waals surface area (Å²) in [6.45, 7) is 2.49. The molecule has 4 rings (SSSR count). The van der Waals surface area contributed by atoms with Crippen LogP contribution in [0.2, 0.25) is 0 Å². The van der Waals surface area contributed by atoms with Gasteiger partial charge >= 0.3 is 0 Å². The Bertz CT molecular complexity index is 796. The summed E-state index contributed by atoms with van der Waals surface area (Å²) in [6.07, 6.45) is 4.42. The van der Waals surface area contributed by atoms with Crippen molar-refractivity contribution < 1.29 is 14.3 Å². The highest BCUT2D eigenvalue weighted by atomic mass is 16.5. The Balaban J connectivity index is 1.50. The molecule has 2 heterocycles. The number of piperidine rings is 1. The van der Waals surface area contributed by atoms with Crippen LogP contribution in [-0.4, -0.2) is 30.6 Å². The van der Waals surface area contributed by atoms with Gasteiger partial charge in [0.2, 0.25) is 0 Å². The summed E-state index contributed by atoms with van der Waals surface area (Å²) in [5.41, 5.74) is 0.551. The predicted molar refractivity (Wildman–Crippen MR) is 105 cm³/mol. The Labute approximate surface area is 160 Å². The number of rotatable bonds is 6. The van der Waals surface area contributed by atoms with E-state index in [1.165, 1.54) is 12.8 Å². The highest BCUT2D eigenvalue weighted by molar-refractivity contribution is 5.97. The highest BCUT2D eigenvalue weighted by Crippen LogP contribution is 2.33. The summed E-state index contributed by atoms with van der Waals surface area (Å²) in [7, 11) is 0. The molecule has 2 aliphatic rings. The van der Waals surface area contributed by atoms with Crippen LogP contribution in [0.15, 0.2) is 48.5 Å². The first-order valence-corrected chi connectivity index (χ1v) is 9.78. The number of carbonyl (C=O) groups is 1. The number of amides is 1. The standard InChI is InChI=1S/C22H26N2O3/c1-2-26-20-9-5-6-10-21(20)27-19-8-4-3-7-18(19)22(25)24-17-13-15-11-12-16(14-17)23-15/h3-10,15-17,23H,2,11-14H2,1H3,(H,24,25). The maximum atomic E-state index is 12.9. The lowest BCUT2D eigenvalue weighted by atomic mass is 9.99. The van der Waals surface area contributed by atoms with Crippen molar-refractivity contribution in [2.24, 2.45) is 0 Å². The van der Waals surface area contributed by atoms with E-state index in [-0.39, 0.29) is 11.9 Å². The molecule has 2 saturated heterocycles. The largest absolute Gasteiger partial charge is 0.490 e. The van der Waals surface area contributed by atoms with Crippen LogP contribution in [0.5, 0.6) is 17.2 Å². The molecule has 1 amide bonds. The normalized spacial score (nSPS) is 23.7. The molecule has 2 fully saturated rings. The molecule has 5 heteroatoms. The van der Waals surface area contributed by atoms with Crippen molar-refractivity contribution in [3.05, 3.63) is 54.1 Å². The van der Waals surface area contributed by atoms with E-state index in [4.69, 9.17) is 9.47 Å². The van der Waals surface area contributed by atoms with E-state index >= 15 is 0 Å². The molecule has 2 atom stereocenters. The Kier molecular flexibility index (Phi) is 5.30. The summed E-state index contributed by atoms with van der Waals surface area (Å²) in [5.74, 6) is 1.74. The van der Waals surface area contributed by atoms with Crippen LogP contribution >= 0.6 is 0 Å². The molecule has 5 nitrogen and oxygen atoms in total. The lowest BCUT2D eigenvalue weighted by Crippen LogP contribution is -2.48. The average molecular weight is 366 g/mol. The molecule has 2 N–H and O–H groups in total. The number of para-hydroxylation sites is 3. The molecular formula is C22H26N2O3. The van der Waals surface area contributed by atoms with Gasteiger partial charge in [0.1, 0.15) is 5.75 Å². The van der Waals surface area contributed by atoms with E-state index < -0.39 is 0 Å². The minimum absolute atomic E-state index is 0.0780. The van der Waals surface area contributed by atoms with Gasteiger partial charge in [0.05, 0.1) is 12.2 Å². The van der Waals surface area contributed by atoms with Gasteiger partial charge in [-0.3, -0.25) is 4.79 Å². The quantitative estimate of drug-likeness (QED) is 0.814. The van der Waals surface area contributed by atoms with Gasteiger partial charge in [-0.15, -0.1) is 0 Å². The zero-order valence-corrected chi connectivity index (χ0v) is 15.6. The van der Waals surface area contributed by atoms with Crippen molar-refractivity contribution in [1.29, 1.82) is 0 Å². The third-order valence-electron chi connectivity index (χ3n) is 5.31. The molecule has 2 unspecified atom stereocenters. The second-order valence-electron chi connectivity index (χ2n) is 7.26. The summed E-state index contributed by atoms with van der Waals surface area (Å²) < 4.78 is 11.7. The number of fused-ring (bicyclic) bond motifs is 2. The van der Waals surface area contributed by atoms with Gasteiger partial charge in [0.25, 0.3) is 5.91 Å². The molecule has 2 aromatic rings. The van der Waals surface area contributed by atoms with Gasteiger partial charge in [-0.05, 0) is 56.9 Å². The number of nitrogens with one attached hydrogen (secondary N) is 2. The molecule has 2 aromatic carbocycles. The van der Waals surface area contributed by atoms with Crippen molar-refractivity contribution in [3.8, 4) is 17.2 Å². The predicted octanol–water partition coefficient (Wildman–Crippen LogP) is 3.89. The van der Waals surface area contributed by atoms with Gasteiger partial charge < -0.3 is 20.1 Å². The minimum Gasteiger partial charge on any atom is -0.490 e. The van der Waals surface area contributed by atoms with Gasteiger partial charge in [0.15, 0.2) is 11.5 Å². The first-order chi connectivity index (χ1) is 13.2. The first kappa shape index (κ1) is 17.9. The van der Waals surface area contributed by atoms with Crippen molar-refractivity contribution in [2.45, 2.75) is 50.7 Å². The van der Waals surface area contributed by atoms with Crippen LogP contribution in [0.25, 0.3) is 0 Å². The number of hydrogen-bond acceptors (Lipinski definition) is 4. The fourth-order valence-corrected chi connectivity index (χ4v) is 4.11. The minimum atomic E-state index is -0.0780. The molecule has 2 bridgehead atoms. The fourth-order valence-electron chi connectivity index (χ4n) is 4.11. The van der Waals surface area contributed by atoms with Crippen molar-refractivity contribution in [3.63, 3.8) is 0 Å². The van der Waals surface area contributed by atoms with Crippen molar-refractivity contribution >= 4 is 5.91 Å². The molecule has 2 aliphatic heterocycles. The Morgan fingerprint density at radius 1 is 1.00 bits per heavy atom. The monoisotopic (exact) mass is 366 g/mol. The third kappa shape index (κ3) is 4.08. The molecule has 0 aromatic heterocycles. The van der Waals surface area contributed by atoms with E-state index in [0.717, 1.165) is 12.8 Å². The number of carbonyl (C=O) groups excluding carboxylic acids is 1. The van der Waals surface area contributed by atoms with Crippen molar-refractivity contribution in [1.82, 2.24) is 10.6 Å². The highest BCUT2D eigenvalue weighted by Gasteiger charge is 2.34. The third-order valence-corrected chi connectivity index (χ3v) is 5.31. The molecule has 142 valence electrons. The van der Waals surface area contributed by atoms with E-state index in [0.29, 0.717) is 41.5 Å². The second-order valence-corrected chi connectivity index (χ2v) is 7.26. The topological polar surface area (TPSA) is 59.6 Å². The molecular weight excluding hydrogens is 340 g/mol. The number of hydrogen-bond donors (Lipinski definition) is 2. The first-order valence-electron chi connectivity index (χ1n) is 9.78. The lowest BCUT2D eigenvalue weighted by molar-refractivity contribution is 0.0921. The van der Waals surface area contributed by atoms with Gasteiger partial charge in [-0.1, -0.05) is 24.3 Å². The van der Waals surface area contributed by atoms with Gasteiger partial charge in [0, 0.05) is 18.1 Å². The van der Waals surface area contributed by atoms with Crippen LogP contribution < -0.4 is 20.1 Å². The molecule has 0 saturated carbocycles. The molecule has 0 radical (unpaired) electrons. The maximum Gasteiger partial charge on any atom is 0.255 e. The van der Waals surface area contributed by atoms with Gasteiger partial charge in [-0.25, -0.2) is 0 Å². The van der Waals surface area contributed by atoms with Crippen LogP contribution in [-0.2, 0) is 0 Å². The van der Waals surface area contributed by atoms with Crippen LogP contribution in [0.1, 0.15) is 43.0 Å². The van der Waals surface area contributed by atoms with Crippen molar-refractivity contribution in [2.75, 3.05) is 6.61 Å². The second kappa shape index (κ2) is 8.01. The number of benzene rings is 2. The smallest absolute Gasteiger partial charge is 0.255 e. The molecule has 0 aliphatic carbocycles. The van der Waals surface area contributed by atoms with Crippen LogP contribution in [0.4, 0.5) is 0 Å². The van der Waals surface area contributed by atoms with Crippen LogP contribution in [0.3, 0.4) is 0 Å². The number of ether oxygens (including phenoxy) is 2.